The second kappa shape index (κ2) is 13.0. The van der Waals surface area contributed by atoms with Crippen LogP contribution in [0.3, 0.4) is 0 Å². The van der Waals surface area contributed by atoms with Gasteiger partial charge in [-0.2, -0.15) is 0 Å². The SMILES string of the molecule is CNCCC[Si](C)(C)O[Si](C)(C)CCCNC(=O)c1ccc(Oc2ccc(C(C)=O)cc2)cc1. The van der Waals surface area contributed by atoms with E-state index < -0.39 is 16.6 Å². The Morgan fingerprint density at radius 3 is 1.71 bits per heavy atom. The molecule has 0 bridgehead atoms. The lowest BCUT2D eigenvalue weighted by molar-refractivity contribution is 0.0952. The Morgan fingerprint density at radius 1 is 0.765 bits per heavy atom. The number of rotatable bonds is 14. The zero-order valence-corrected chi connectivity index (χ0v) is 23.5. The predicted octanol–water partition coefficient (Wildman–Crippen LogP) is 5.84. The van der Waals surface area contributed by atoms with Crippen LogP contribution in [0.25, 0.3) is 0 Å². The zero-order chi connectivity index (χ0) is 25.2. The van der Waals surface area contributed by atoms with Crippen molar-refractivity contribution in [2.45, 2.75) is 58.0 Å². The molecule has 2 aromatic carbocycles. The van der Waals surface area contributed by atoms with E-state index in [1.54, 1.807) is 48.5 Å². The maximum absolute atomic E-state index is 12.5. The Balaban J connectivity index is 1.76. The summed E-state index contributed by atoms with van der Waals surface area (Å²) >= 11 is 0. The van der Waals surface area contributed by atoms with E-state index in [1.807, 2.05) is 7.05 Å². The minimum absolute atomic E-state index is 0.0196. The van der Waals surface area contributed by atoms with Gasteiger partial charge in [-0.25, -0.2) is 0 Å². The minimum Gasteiger partial charge on any atom is -0.457 e. The maximum Gasteiger partial charge on any atom is 0.251 e. The second-order valence-electron chi connectivity index (χ2n) is 9.90. The van der Waals surface area contributed by atoms with Gasteiger partial charge in [0.05, 0.1) is 0 Å². The lowest BCUT2D eigenvalue weighted by Gasteiger charge is -2.34. The van der Waals surface area contributed by atoms with Gasteiger partial charge in [0, 0.05) is 17.7 Å². The molecule has 0 heterocycles. The van der Waals surface area contributed by atoms with Gasteiger partial charge < -0.3 is 19.5 Å². The van der Waals surface area contributed by atoms with E-state index in [0.29, 0.717) is 29.2 Å². The molecule has 0 radical (unpaired) electrons. The molecule has 0 aliphatic carbocycles. The average molecular weight is 501 g/mol. The van der Waals surface area contributed by atoms with Crippen molar-refractivity contribution in [1.82, 2.24) is 10.6 Å². The summed E-state index contributed by atoms with van der Waals surface area (Å²) in [6.45, 7) is 12.4. The van der Waals surface area contributed by atoms with E-state index >= 15 is 0 Å². The van der Waals surface area contributed by atoms with Crippen molar-refractivity contribution < 1.29 is 18.4 Å². The third-order valence-corrected chi connectivity index (χ3v) is 13.1. The highest BCUT2D eigenvalue weighted by atomic mass is 28.4. The number of hydrogen-bond acceptors (Lipinski definition) is 5. The largest absolute Gasteiger partial charge is 0.457 e. The highest BCUT2D eigenvalue weighted by Gasteiger charge is 2.32. The molecule has 0 aliphatic rings. The third-order valence-electron chi connectivity index (χ3n) is 5.61. The van der Waals surface area contributed by atoms with E-state index in [-0.39, 0.29) is 11.7 Å². The van der Waals surface area contributed by atoms with Gasteiger partial charge in [-0.3, -0.25) is 9.59 Å². The maximum atomic E-state index is 12.5. The number of ether oxygens (including phenoxy) is 1. The molecule has 0 aliphatic heterocycles. The van der Waals surface area contributed by atoms with Gasteiger partial charge in [-0.05, 0) is 120 Å². The van der Waals surface area contributed by atoms with Crippen LogP contribution >= 0.6 is 0 Å². The highest BCUT2D eigenvalue weighted by Crippen LogP contribution is 2.24. The molecule has 0 atom stereocenters. The molecule has 1 amide bonds. The van der Waals surface area contributed by atoms with Gasteiger partial charge in [-0.1, -0.05) is 0 Å². The van der Waals surface area contributed by atoms with Crippen molar-refractivity contribution in [2.75, 3.05) is 20.1 Å². The first kappa shape index (κ1) is 28.0. The Hall–Kier alpha value is -2.27. The molecule has 2 aromatic rings. The molecular formula is C26H40N2O4Si2. The van der Waals surface area contributed by atoms with Gasteiger partial charge in [0.2, 0.25) is 0 Å². The summed E-state index contributed by atoms with van der Waals surface area (Å²) in [5.41, 5.74) is 1.25. The van der Waals surface area contributed by atoms with E-state index in [4.69, 9.17) is 8.85 Å². The van der Waals surface area contributed by atoms with E-state index in [0.717, 1.165) is 25.4 Å². The van der Waals surface area contributed by atoms with Crippen LogP contribution in [0.15, 0.2) is 48.5 Å². The first-order valence-electron chi connectivity index (χ1n) is 12.0. The molecule has 34 heavy (non-hydrogen) atoms. The number of carbonyl (C=O) groups is 2. The Kier molecular flexibility index (Phi) is 10.7. The van der Waals surface area contributed by atoms with Gasteiger partial charge in [-0.15, -0.1) is 0 Å². The van der Waals surface area contributed by atoms with E-state index in [9.17, 15) is 9.59 Å². The van der Waals surface area contributed by atoms with Crippen LogP contribution < -0.4 is 15.4 Å². The van der Waals surface area contributed by atoms with Crippen molar-refractivity contribution in [3.05, 3.63) is 59.7 Å². The first-order valence-corrected chi connectivity index (χ1v) is 18.3. The van der Waals surface area contributed by atoms with Crippen molar-refractivity contribution in [1.29, 1.82) is 0 Å². The lowest BCUT2D eigenvalue weighted by atomic mass is 10.1. The third kappa shape index (κ3) is 9.93. The number of amides is 1. The molecule has 2 rings (SSSR count). The summed E-state index contributed by atoms with van der Waals surface area (Å²) in [6, 6.07) is 16.3. The summed E-state index contributed by atoms with van der Waals surface area (Å²) in [7, 11) is -1.41. The van der Waals surface area contributed by atoms with Crippen molar-refractivity contribution >= 4 is 28.3 Å². The van der Waals surface area contributed by atoms with Crippen LogP contribution in [0, 0.1) is 0 Å². The summed E-state index contributed by atoms with van der Waals surface area (Å²) < 4.78 is 12.5. The molecule has 0 fully saturated rings. The van der Waals surface area contributed by atoms with Gasteiger partial charge in [0.25, 0.3) is 5.91 Å². The van der Waals surface area contributed by atoms with Crippen molar-refractivity contribution in [2.24, 2.45) is 0 Å². The molecule has 8 heteroatoms. The highest BCUT2D eigenvalue weighted by molar-refractivity contribution is 6.84. The fourth-order valence-corrected chi connectivity index (χ4v) is 12.8. The summed E-state index contributed by atoms with van der Waals surface area (Å²) in [5.74, 6) is 1.22. The fourth-order valence-electron chi connectivity index (χ4n) is 3.93. The molecule has 0 saturated heterocycles. The predicted molar refractivity (Wildman–Crippen MR) is 144 cm³/mol. The first-order chi connectivity index (χ1) is 16.0. The van der Waals surface area contributed by atoms with Crippen molar-refractivity contribution in [3.8, 4) is 11.5 Å². The van der Waals surface area contributed by atoms with Crippen LogP contribution in [0.2, 0.25) is 38.3 Å². The van der Waals surface area contributed by atoms with Crippen LogP contribution in [0.1, 0.15) is 40.5 Å². The van der Waals surface area contributed by atoms with Gasteiger partial charge in [0.15, 0.2) is 22.4 Å². The fraction of sp³-hybridized carbons (Fsp3) is 0.462. The molecule has 186 valence electrons. The number of ketones is 1. The van der Waals surface area contributed by atoms with E-state index in [2.05, 4.69) is 36.8 Å². The molecule has 2 N–H and O–H groups in total. The average Bonchev–Trinajstić information content (AvgIpc) is 2.77. The van der Waals surface area contributed by atoms with Crippen LogP contribution in [0.5, 0.6) is 11.5 Å². The molecule has 0 saturated carbocycles. The zero-order valence-electron chi connectivity index (χ0n) is 21.5. The van der Waals surface area contributed by atoms with Crippen LogP contribution in [-0.2, 0) is 4.12 Å². The number of hydrogen-bond donors (Lipinski definition) is 2. The molecule has 6 nitrogen and oxygen atoms in total. The number of nitrogens with one attached hydrogen (secondary N) is 2. The van der Waals surface area contributed by atoms with E-state index in [1.165, 1.54) is 13.0 Å². The Bertz CT molecular complexity index is 929. The Labute approximate surface area is 206 Å². The smallest absolute Gasteiger partial charge is 0.251 e. The Morgan fingerprint density at radius 2 is 1.24 bits per heavy atom. The normalized spacial score (nSPS) is 11.8. The minimum atomic E-state index is -1.75. The topological polar surface area (TPSA) is 76.7 Å². The van der Waals surface area contributed by atoms with Crippen LogP contribution in [0.4, 0.5) is 0 Å². The molecule has 0 unspecified atom stereocenters. The number of benzene rings is 2. The summed E-state index contributed by atoms with van der Waals surface area (Å²) in [5, 5.41) is 6.23. The van der Waals surface area contributed by atoms with Gasteiger partial charge >= 0.3 is 0 Å². The van der Waals surface area contributed by atoms with Crippen molar-refractivity contribution in [3.63, 3.8) is 0 Å². The summed E-state index contributed by atoms with van der Waals surface area (Å²) in [6.07, 6.45) is 2.08. The lowest BCUT2D eigenvalue weighted by Crippen LogP contribution is -2.44. The molecule has 0 spiro atoms. The summed E-state index contributed by atoms with van der Waals surface area (Å²) in [4.78, 5) is 23.9. The number of carbonyl (C=O) groups excluding carboxylic acids is 2. The second-order valence-corrected chi connectivity index (χ2v) is 18.8. The van der Waals surface area contributed by atoms with Gasteiger partial charge in [0.1, 0.15) is 11.5 Å². The quantitative estimate of drug-likeness (QED) is 0.194. The monoisotopic (exact) mass is 500 g/mol. The standard InChI is InChI=1S/C26H40N2O4Si2/c1-21(29)22-9-13-24(14-10-22)31-25-15-11-23(12-16-25)26(30)28-18-8-20-34(5,6)32-33(3,4)19-7-17-27-2/h9-16,27H,7-8,17-20H2,1-6H3,(H,28,30). The number of Topliss-reactive ketones (excluding diaryl/α,β-unsaturated/α-hetero) is 1. The molecular weight excluding hydrogens is 460 g/mol. The molecule has 0 aromatic heterocycles. The van der Waals surface area contributed by atoms with Crippen LogP contribution in [-0.4, -0.2) is 48.5 Å².